The van der Waals surface area contributed by atoms with Gasteiger partial charge < -0.3 is 4.43 Å². The molecule has 1 aliphatic heterocycles. The van der Waals surface area contributed by atoms with Crippen molar-refractivity contribution in [2.75, 3.05) is 6.54 Å². The number of hydrogen-bond acceptors (Lipinski definition) is 3. The first-order chi connectivity index (χ1) is 6.76. The zero-order chi connectivity index (χ0) is 11.7. The van der Waals surface area contributed by atoms with E-state index in [1.807, 2.05) is 0 Å². The predicted molar refractivity (Wildman–Crippen MR) is 64.1 cm³/mol. The third-order valence-electron chi connectivity index (χ3n) is 3.51. The van der Waals surface area contributed by atoms with Gasteiger partial charge in [0.15, 0.2) is 8.32 Å². The van der Waals surface area contributed by atoms with Gasteiger partial charge in [-0.1, -0.05) is 20.8 Å². The monoisotopic (exact) mass is 226 g/mol. The molecule has 0 spiro atoms. The van der Waals surface area contributed by atoms with Crippen LogP contribution >= 0.6 is 0 Å². The molecule has 86 valence electrons. The fourth-order valence-electron chi connectivity index (χ4n) is 1.48. The average Bonchev–Trinajstić information content (AvgIpc) is 2.49. The fraction of sp³-hybridized carbons (Fsp3) is 0.909. The van der Waals surface area contributed by atoms with Crippen molar-refractivity contribution in [3.8, 4) is 6.07 Å². The van der Waals surface area contributed by atoms with Gasteiger partial charge in [-0.25, -0.2) is 0 Å². The summed E-state index contributed by atoms with van der Waals surface area (Å²) in [6, 6.07) is 2.23. The smallest absolute Gasteiger partial charge is 0.192 e. The topological polar surface area (TPSA) is 45.0 Å². The average molecular weight is 226 g/mol. The molecule has 0 aromatic carbocycles. The molecule has 0 unspecified atom stereocenters. The SMILES string of the molecule is CC(C)(C)[Si](C)(C)O[C@@H]1CN[C@@H](C#N)C1. The van der Waals surface area contributed by atoms with Crippen LogP contribution in [0.4, 0.5) is 0 Å². The Morgan fingerprint density at radius 1 is 1.40 bits per heavy atom. The van der Waals surface area contributed by atoms with E-state index < -0.39 is 8.32 Å². The van der Waals surface area contributed by atoms with E-state index in [4.69, 9.17) is 9.69 Å². The molecule has 1 fully saturated rings. The van der Waals surface area contributed by atoms with E-state index in [0.29, 0.717) is 0 Å². The van der Waals surface area contributed by atoms with Crippen LogP contribution in [0.5, 0.6) is 0 Å². The third kappa shape index (κ3) is 3.04. The largest absolute Gasteiger partial charge is 0.413 e. The lowest BCUT2D eigenvalue weighted by atomic mass is 10.2. The van der Waals surface area contributed by atoms with E-state index in [1.54, 1.807) is 0 Å². The van der Waals surface area contributed by atoms with Crippen molar-refractivity contribution in [1.82, 2.24) is 5.32 Å². The summed E-state index contributed by atoms with van der Waals surface area (Å²) in [6.07, 6.45) is 1.07. The minimum absolute atomic E-state index is 0.0141. The first-order valence-corrected chi connectivity index (χ1v) is 8.48. The Bertz CT molecular complexity index is 265. The zero-order valence-electron chi connectivity index (χ0n) is 10.4. The third-order valence-corrected chi connectivity index (χ3v) is 8.05. The minimum Gasteiger partial charge on any atom is -0.413 e. The van der Waals surface area contributed by atoms with E-state index in [1.165, 1.54) is 0 Å². The first-order valence-electron chi connectivity index (χ1n) is 5.57. The van der Waals surface area contributed by atoms with Crippen LogP contribution in [0.15, 0.2) is 0 Å². The summed E-state index contributed by atoms with van der Waals surface area (Å²) < 4.78 is 6.22. The van der Waals surface area contributed by atoms with Gasteiger partial charge in [0.1, 0.15) is 0 Å². The summed E-state index contributed by atoms with van der Waals surface area (Å²) >= 11 is 0. The number of rotatable bonds is 2. The number of nitriles is 1. The van der Waals surface area contributed by atoms with Gasteiger partial charge in [-0.2, -0.15) is 5.26 Å². The fourth-order valence-corrected chi connectivity index (χ4v) is 2.85. The van der Waals surface area contributed by atoms with Crippen molar-refractivity contribution < 1.29 is 4.43 Å². The highest BCUT2D eigenvalue weighted by molar-refractivity contribution is 6.74. The van der Waals surface area contributed by atoms with Crippen LogP contribution in [0.3, 0.4) is 0 Å². The van der Waals surface area contributed by atoms with E-state index in [2.05, 4.69) is 45.3 Å². The molecule has 0 radical (unpaired) electrons. The zero-order valence-corrected chi connectivity index (χ0v) is 11.4. The van der Waals surface area contributed by atoms with Crippen LogP contribution in [-0.4, -0.2) is 27.0 Å². The van der Waals surface area contributed by atoms with Crippen molar-refractivity contribution >= 4 is 8.32 Å². The van der Waals surface area contributed by atoms with Crippen molar-refractivity contribution in [2.24, 2.45) is 0 Å². The Hall–Kier alpha value is -0.373. The maximum absolute atomic E-state index is 8.79. The molecule has 0 aromatic rings. The summed E-state index contributed by atoms with van der Waals surface area (Å²) in [7, 11) is -1.66. The quantitative estimate of drug-likeness (QED) is 0.735. The highest BCUT2D eigenvalue weighted by Gasteiger charge is 2.40. The molecule has 0 aliphatic carbocycles. The van der Waals surface area contributed by atoms with Crippen LogP contribution in [0.2, 0.25) is 18.1 Å². The van der Waals surface area contributed by atoms with Crippen LogP contribution in [0, 0.1) is 11.3 Å². The molecule has 0 amide bonds. The molecule has 1 heterocycles. The summed E-state index contributed by atoms with van der Waals surface area (Å²) in [6.45, 7) is 12.1. The Labute approximate surface area is 93.9 Å². The molecule has 0 bridgehead atoms. The molecule has 1 aliphatic rings. The van der Waals surface area contributed by atoms with Crippen LogP contribution in [-0.2, 0) is 4.43 Å². The van der Waals surface area contributed by atoms with E-state index in [0.717, 1.165) is 13.0 Å². The second-order valence-electron chi connectivity index (χ2n) is 5.83. The molecule has 2 atom stereocenters. The summed E-state index contributed by atoms with van der Waals surface area (Å²) in [5.74, 6) is 0. The van der Waals surface area contributed by atoms with E-state index in [9.17, 15) is 0 Å². The van der Waals surface area contributed by atoms with Crippen LogP contribution < -0.4 is 5.32 Å². The predicted octanol–water partition coefficient (Wildman–Crippen LogP) is 2.26. The normalized spacial score (nSPS) is 27.7. The molecular weight excluding hydrogens is 204 g/mol. The van der Waals surface area contributed by atoms with Gasteiger partial charge in [-0.3, -0.25) is 5.32 Å². The van der Waals surface area contributed by atoms with Gasteiger partial charge in [0, 0.05) is 13.0 Å². The Kier molecular flexibility index (Phi) is 3.59. The minimum atomic E-state index is -1.66. The Morgan fingerprint density at radius 3 is 2.40 bits per heavy atom. The maximum Gasteiger partial charge on any atom is 0.192 e. The standard InChI is InChI=1S/C11H22N2OSi/c1-11(2,3)15(4,5)14-10-6-9(7-12)13-8-10/h9-10,13H,6,8H2,1-5H3/t9-,10+/m1/s1. The summed E-state index contributed by atoms with van der Waals surface area (Å²) in [5, 5.41) is 12.2. The highest BCUT2D eigenvalue weighted by Crippen LogP contribution is 2.38. The Balaban J connectivity index is 2.53. The van der Waals surface area contributed by atoms with Gasteiger partial charge >= 0.3 is 0 Å². The van der Waals surface area contributed by atoms with E-state index in [-0.39, 0.29) is 17.2 Å². The van der Waals surface area contributed by atoms with Crippen molar-refractivity contribution in [2.45, 2.75) is 57.5 Å². The maximum atomic E-state index is 8.79. The highest BCUT2D eigenvalue weighted by atomic mass is 28.4. The molecule has 1 rings (SSSR count). The number of hydrogen-bond donors (Lipinski definition) is 1. The molecule has 0 aromatic heterocycles. The van der Waals surface area contributed by atoms with Gasteiger partial charge in [0.05, 0.1) is 18.2 Å². The van der Waals surface area contributed by atoms with Gasteiger partial charge in [-0.05, 0) is 18.1 Å². The Morgan fingerprint density at radius 2 is 2.00 bits per heavy atom. The lowest BCUT2D eigenvalue weighted by Gasteiger charge is -2.38. The number of nitrogens with zero attached hydrogens (tertiary/aromatic N) is 1. The molecule has 1 saturated heterocycles. The first kappa shape index (κ1) is 12.7. The van der Waals surface area contributed by atoms with Gasteiger partial charge in [0.25, 0.3) is 0 Å². The van der Waals surface area contributed by atoms with Gasteiger partial charge in [-0.15, -0.1) is 0 Å². The molecule has 0 saturated carbocycles. The van der Waals surface area contributed by atoms with Crippen LogP contribution in [0.1, 0.15) is 27.2 Å². The van der Waals surface area contributed by atoms with Gasteiger partial charge in [0.2, 0.25) is 0 Å². The second-order valence-corrected chi connectivity index (χ2v) is 10.6. The lowest BCUT2D eigenvalue weighted by molar-refractivity contribution is 0.199. The molecule has 4 heteroatoms. The number of nitrogens with one attached hydrogen (secondary N) is 1. The molecule has 15 heavy (non-hydrogen) atoms. The molecular formula is C11H22N2OSi. The summed E-state index contributed by atoms with van der Waals surface area (Å²) in [5.41, 5.74) is 0. The second kappa shape index (κ2) is 4.24. The van der Waals surface area contributed by atoms with E-state index >= 15 is 0 Å². The summed E-state index contributed by atoms with van der Waals surface area (Å²) in [4.78, 5) is 0. The molecule has 3 nitrogen and oxygen atoms in total. The van der Waals surface area contributed by atoms with Crippen molar-refractivity contribution in [1.29, 1.82) is 5.26 Å². The lowest BCUT2D eigenvalue weighted by Crippen LogP contribution is -2.44. The van der Waals surface area contributed by atoms with Crippen molar-refractivity contribution in [3.05, 3.63) is 0 Å². The molecule has 1 N–H and O–H groups in total. The van der Waals surface area contributed by atoms with Crippen LogP contribution in [0.25, 0.3) is 0 Å². The van der Waals surface area contributed by atoms with Crippen molar-refractivity contribution in [3.63, 3.8) is 0 Å².